The molecule has 0 saturated carbocycles. The Morgan fingerprint density at radius 1 is 1.38 bits per heavy atom. The number of rotatable bonds is 4. The minimum atomic E-state index is -1.36. The Labute approximate surface area is 123 Å². The highest BCUT2D eigenvalue weighted by Gasteiger charge is 2.26. The highest BCUT2D eigenvalue weighted by Crippen LogP contribution is 2.23. The molecule has 1 unspecified atom stereocenters. The van der Waals surface area contributed by atoms with Crippen molar-refractivity contribution < 1.29 is 23.4 Å². The van der Waals surface area contributed by atoms with E-state index in [1.54, 1.807) is 27.7 Å². The van der Waals surface area contributed by atoms with Crippen LogP contribution < -0.4 is 5.32 Å². The second kappa shape index (κ2) is 6.85. The molecule has 0 heterocycles. The smallest absolute Gasteiger partial charge is 0.407 e. The Hall–Kier alpha value is -1.69. The molecule has 21 heavy (non-hydrogen) atoms. The highest BCUT2D eigenvalue weighted by atomic mass is 19.1. The minimum absolute atomic E-state index is 0.196. The van der Waals surface area contributed by atoms with Crippen LogP contribution in [0.25, 0.3) is 0 Å². The van der Waals surface area contributed by atoms with Gasteiger partial charge in [-0.15, -0.1) is 0 Å². The van der Waals surface area contributed by atoms with E-state index in [4.69, 9.17) is 4.74 Å². The monoisotopic (exact) mass is 301 g/mol. The first-order chi connectivity index (χ1) is 9.64. The fraction of sp³-hybridized carbons (Fsp3) is 0.533. The summed E-state index contributed by atoms with van der Waals surface area (Å²) in [4.78, 5) is 11.7. The predicted molar refractivity (Wildman–Crippen MR) is 74.8 cm³/mol. The van der Waals surface area contributed by atoms with Crippen LogP contribution in [0.5, 0.6) is 0 Å². The zero-order valence-corrected chi connectivity index (χ0v) is 12.6. The van der Waals surface area contributed by atoms with Gasteiger partial charge in [0.1, 0.15) is 23.3 Å². The van der Waals surface area contributed by atoms with Crippen LogP contribution in [-0.4, -0.2) is 22.8 Å². The first kappa shape index (κ1) is 17.4. The molecule has 118 valence electrons. The summed E-state index contributed by atoms with van der Waals surface area (Å²) in [6.45, 7) is 6.82. The van der Waals surface area contributed by atoms with E-state index in [1.165, 1.54) is 0 Å². The van der Waals surface area contributed by atoms with Gasteiger partial charge >= 0.3 is 6.09 Å². The summed E-state index contributed by atoms with van der Waals surface area (Å²) in [5, 5.41) is 12.6. The zero-order valence-electron chi connectivity index (χ0n) is 12.6. The number of ether oxygens (including phenoxy) is 1. The molecule has 4 nitrogen and oxygen atoms in total. The van der Waals surface area contributed by atoms with E-state index < -0.39 is 35.5 Å². The van der Waals surface area contributed by atoms with Crippen LogP contribution in [-0.2, 0) is 4.74 Å². The third-order valence-corrected chi connectivity index (χ3v) is 2.80. The van der Waals surface area contributed by atoms with Crippen molar-refractivity contribution in [2.45, 2.75) is 51.9 Å². The molecule has 0 saturated heterocycles. The number of nitrogens with one attached hydrogen (secondary N) is 1. The summed E-state index contributed by atoms with van der Waals surface area (Å²) >= 11 is 0. The fourth-order valence-corrected chi connectivity index (χ4v) is 1.82. The van der Waals surface area contributed by atoms with E-state index in [0.29, 0.717) is 6.42 Å². The Bertz CT molecular complexity index is 500. The summed E-state index contributed by atoms with van der Waals surface area (Å²) in [5.41, 5.74) is -0.879. The molecular weight excluding hydrogens is 280 g/mol. The molecule has 0 radical (unpaired) electrons. The molecule has 1 rings (SSSR count). The number of hydrogen-bond donors (Lipinski definition) is 2. The maximum absolute atomic E-state index is 13.7. The van der Waals surface area contributed by atoms with Gasteiger partial charge in [-0.25, -0.2) is 13.6 Å². The van der Waals surface area contributed by atoms with Gasteiger partial charge in [0, 0.05) is 5.56 Å². The van der Waals surface area contributed by atoms with Crippen molar-refractivity contribution in [3.05, 3.63) is 35.4 Å². The van der Waals surface area contributed by atoms with Gasteiger partial charge in [0.2, 0.25) is 0 Å². The number of aliphatic hydroxyl groups excluding tert-OH is 1. The number of benzene rings is 1. The average molecular weight is 301 g/mol. The lowest BCUT2D eigenvalue weighted by Crippen LogP contribution is -2.42. The van der Waals surface area contributed by atoms with Crippen LogP contribution in [0.15, 0.2) is 18.2 Å². The molecule has 0 aliphatic rings. The van der Waals surface area contributed by atoms with Crippen molar-refractivity contribution in [2.24, 2.45) is 0 Å². The van der Waals surface area contributed by atoms with Crippen LogP contribution in [0.3, 0.4) is 0 Å². The fourth-order valence-electron chi connectivity index (χ4n) is 1.82. The van der Waals surface area contributed by atoms with E-state index >= 15 is 0 Å². The molecule has 0 aliphatic carbocycles. The Morgan fingerprint density at radius 2 is 2.00 bits per heavy atom. The first-order valence-electron chi connectivity index (χ1n) is 6.76. The molecule has 0 spiro atoms. The lowest BCUT2D eigenvalue weighted by molar-refractivity contribution is 0.0413. The van der Waals surface area contributed by atoms with Crippen LogP contribution in [0.2, 0.25) is 0 Å². The standard InChI is InChI=1S/C15H21F2NO3/c1-5-12(18-14(20)21-15(2,3)4)13(19)10-8-9(16)6-7-11(10)17/h6-8,12-13,19H,5H2,1-4H3,(H,18,20)/t12-,13?/m0/s1. The van der Waals surface area contributed by atoms with Crippen LogP contribution >= 0.6 is 0 Å². The van der Waals surface area contributed by atoms with Crippen molar-refractivity contribution in [1.29, 1.82) is 0 Å². The number of aliphatic hydroxyl groups is 1. The highest BCUT2D eigenvalue weighted by molar-refractivity contribution is 5.68. The van der Waals surface area contributed by atoms with E-state index in [0.717, 1.165) is 18.2 Å². The molecule has 0 aliphatic heterocycles. The van der Waals surface area contributed by atoms with Crippen LogP contribution in [0.4, 0.5) is 13.6 Å². The molecule has 2 N–H and O–H groups in total. The molecule has 1 aromatic carbocycles. The molecular formula is C15H21F2NO3. The van der Waals surface area contributed by atoms with Gasteiger partial charge in [-0.1, -0.05) is 6.92 Å². The van der Waals surface area contributed by atoms with Crippen LogP contribution in [0, 0.1) is 11.6 Å². The Kier molecular flexibility index (Phi) is 5.66. The summed E-state index contributed by atoms with van der Waals surface area (Å²) in [7, 11) is 0. The second-order valence-corrected chi connectivity index (χ2v) is 5.77. The molecule has 6 heteroatoms. The lowest BCUT2D eigenvalue weighted by atomic mass is 10.00. The number of hydrogen-bond acceptors (Lipinski definition) is 3. The maximum atomic E-state index is 13.7. The van der Waals surface area contributed by atoms with Crippen molar-refractivity contribution in [3.63, 3.8) is 0 Å². The number of amides is 1. The SMILES string of the molecule is CC[C@H](NC(=O)OC(C)(C)C)C(O)c1cc(F)ccc1F. The lowest BCUT2D eigenvalue weighted by Gasteiger charge is -2.26. The molecule has 0 fully saturated rings. The maximum Gasteiger partial charge on any atom is 0.407 e. The van der Waals surface area contributed by atoms with Crippen molar-refractivity contribution in [3.8, 4) is 0 Å². The summed E-state index contributed by atoms with van der Waals surface area (Å²) in [5.74, 6) is -1.38. The van der Waals surface area contributed by atoms with Gasteiger partial charge in [0.25, 0.3) is 0 Å². The van der Waals surface area contributed by atoms with Gasteiger partial charge in [-0.05, 0) is 45.4 Å². The first-order valence-corrected chi connectivity index (χ1v) is 6.76. The Balaban J connectivity index is 2.84. The normalized spacial score (nSPS) is 14.4. The third kappa shape index (κ3) is 5.30. The average Bonchev–Trinajstić information content (AvgIpc) is 2.36. The number of alkyl carbamates (subject to hydrolysis) is 1. The van der Waals surface area contributed by atoms with E-state index in [9.17, 15) is 18.7 Å². The summed E-state index contributed by atoms with van der Waals surface area (Å²) in [6, 6.07) is 2.04. The molecule has 1 aromatic rings. The molecule has 0 bridgehead atoms. The number of halogens is 2. The third-order valence-electron chi connectivity index (χ3n) is 2.80. The second-order valence-electron chi connectivity index (χ2n) is 5.77. The van der Waals surface area contributed by atoms with Crippen molar-refractivity contribution in [1.82, 2.24) is 5.32 Å². The van der Waals surface area contributed by atoms with Gasteiger partial charge in [0.15, 0.2) is 0 Å². The van der Waals surface area contributed by atoms with Gasteiger partial charge in [-0.3, -0.25) is 0 Å². The quantitative estimate of drug-likeness (QED) is 0.897. The molecule has 2 atom stereocenters. The minimum Gasteiger partial charge on any atom is -0.444 e. The van der Waals surface area contributed by atoms with E-state index in [2.05, 4.69) is 5.32 Å². The summed E-state index contributed by atoms with van der Waals surface area (Å²) < 4.78 is 31.9. The molecule has 0 aromatic heterocycles. The van der Waals surface area contributed by atoms with Crippen LogP contribution in [0.1, 0.15) is 45.8 Å². The van der Waals surface area contributed by atoms with E-state index in [1.807, 2.05) is 0 Å². The molecule has 1 amide bonds. The largest absolute Gasteiger partial charge is 0.444 e. The predicted octanol–water partition coefficient (Wildman–Crippen LogP) is 3.30. The zero-order chi connectivity index (χ0) is 16.2. The van der Waals surface area contributed by atoms with Gasteiger partial charge in [0.05, 0.1) is 6.04 Å². The number of carbonyl (C=O) groups is 1. The topological polar surface area (TPSA) is 58.6 Å². The van der Waals surface area contributed by atoms with Gasteiger partial charge < -0.3 is 15.2 Å². The Morgan fingerprint density at radius 3 is 2.52 bits per heavy atom. The number of carbonyl (C=O) groups excluding carboxylic acids is 1. The van der Waals surface area contributed by atoms with E-state index in [-0.39, 0.29) is 5.56 Å². The summed E-state index contributed by atoms with van der Waals surface area (Å²) in [6.07, 6.45) is -1.75. The van der Waals surface area contributed by atoms with Gasteiger partial charge in [-0.2, -0.15) is 0 Å². The van der Waals surface area contributed by atoms with Crippen molar-refractivity contribution in [2.75, 3.05) is 0 Å². The van der Waals surface area contributed by atoms with Crippen molar-refractivity contribution >= 4 is 6.09 Å².